The van der Waals surface area contributed by atoms with Crippen molar-refractivity contribution in [2.75, 3.05) is 6.54 Å². The minimum absolute atomic E-state index is 0.523. The van der Waals surface area contributed by atoms with Gasteiger partial charge in [0.25, 0.3) is 0 Å². The predicted molar refractivity (Wildman–Crippen MR) is 92.9 cm³/mol. The Labute approximate surface area is 129 Å². The molecule has 20 heavy (non-hydrogen) atoms. The summed E-state index contributed by atoms with van der Waals surface area (Å²) in [6, 6.07) is 0. The van der Waals surface area contributed by atoms with E-state index in [1.165, 1.54) is 51.4 Å². The summed E-state index contributed by atoms with van der Waals surface area (Å²) in [6.45, 7) is 15.2. The molecule has 0 aliphatic heterocycles. The molecule has 0 aromatic carbocycles. The Morgan fingerprint density at radius 3 is 2.00 bits per heavy atom. The molecule has 0 fully saturated rings. The van der Waals surface area contributed by atoms with Gasteiger partial charge >= 0.3 is 0 Å². The van der Waals surface area contributed by atoms with Gasteiger partial charge in [-0.1, -0.05) is 67.2 Å². The van der Waals surface area contributed by atoms with Crippen LogP contribution in [-0.2, 0) is 0 Å². The van der Waals surface area contributed by atoms with Crippen LogP contribution in [0.2, 0.25) is 0 Å². The molecular formula is C19H41N. The number of hydrogen-bond donors (Lipinski definition) is 1. The predicted octanol–water partition coefficient (Wildman–Crippen LogP) is 6.02. The van der Waals surface area contributed by atoms with Crippen molar-refractivity contribution in [3.63, 3.8) is 0 Å². The van der Waals surface area contributed by atoms with Gasteiger partial charge in [0, 0.05) is 0 Å². The molecule has 0 aliphatic carbocycles. The second-order valence-electron chi connectivity index (χ2n) is 7.22. The Bertz CT molecular complexity index is 226. The van der Waals surface area contributed by atoms with Crippen LogP contribution in [0.15, 0.2) is 0 Å². The third-order valence-corrected chi connectivity index (χ3v) is 5.77. The van der Waals surface area contributed by atoms with E-state index in [0.717, 1.165) is 24.3 Å². The lowest BCUT2D eigenvalue weighted by atomic mass is 9.64. The zero-order chi connectivity index (χ0) is 15.6. The van der Waals surface area contributed by atoms with Crippen LogP contribution in [0.1, 0.15) is 92.9 Å². The van der Waals surface area contributed by atoms with Gasteiger partial charge in [-0.25, -0.2) is 0 Å². The maximum Gasteiger partial charge on any atom is -0.00489 e. The lowest BCUT2D eigenvalue weighted by Gasteiger charge is -2.41. The molecular weight excluding hydrogens is 242 g/mol. The average molecular weight is 284 g/mol. The molecule has 1 nitrogen and oxygen atoms in total. The molecule has 0 spiro atoms. The van der Waals surface area contributed by atoms with Gasteiger partial charge in [0.15, 0.2) is 0 Å². The summed E-state index contributed by atoms with van der Waals surface area (Å²) in [5, 5.41) is 0. The summed E-state index contributed by atoms with van der Waals surface area (Å²) in [4.78, 5) is 0. The first-order valence-corrected chi connectivity index (χ1v) is 9.18. The maximum absolute atomic E-state index is 5.95. The highest BCUT2D eigenvalue weighted by Gasteiger charge is 2.34. The van der Waals surface area contributed by atoms with E-state index in [-0.39, 0.29) is 0 Å². The van der Waals surface area contributed by atoms with Crippen LogP contribution in [0.4, 0.5) is 0 Å². The summed E-state index contributed by atoms with van der Waals surface area (Å²) >= 11 is 0. The lowest BCUT2D eigenvalue weighted by Crippen LogP contribution is -2.32. The molecule has 0 aliphatic rings. The molecule has 0 rings (SSSR count). The second-order valence-corrected chi connectivity index (χ2v) is 7.22. The van der Waals surface area contributed by atoms with Crippen molar-refractivity contribution in [3.05, 3.63) is 0 Å². The third kappa shape index (κ3) is 6.16. The van der Waals surface area contributed by atoms with Crippen molar-refractivity contribution in [3.8, 4) is 0 Å². The van der Waals surface area contributed by atoms with Crippen molar-refractivity contribution < 1.29 is 0 Å². The summed E-state index contributed by atoms with van der Waals surface area (Å²) in [5.41, 5.74) is 6.48. The molecule has 0 saturated carbocycles. The highest BCUT2D eigenvalue weighted by atomic mass is 14.5. The first-order chi connectivity index (χ1) is 9.48. The van der Waals surface area contributed by atoms with Crippen LogP contribution in [0.3, 0.4) is 0 Å². The number of nitrogens with two attached hydrogens (primary N) is 1. The van der Waals surface area contributed by atoms with Crippen LogP contribution >= 0.6 is 0 Å². The molecule has 0 heterocycles. The Morgan fingerprint density at radius 1 is 0.950 bits per heavy atom. The van der Waals surface area contributed by atoms with Crippen molar-refractivity contribution in [2.45, 2.75) is 92.9 Å². The van der Waals surface area contributed by atoms with Gasteiger partial charge in [-0.15, -0.1) is 0 Å². The first kappa shape index (κ1) is 20.0. The molecule has 1 heteroatoms. The maximum atomic E-state index is 5.95. The molecule has 0 saturated heterocycles. The number of hydrogen-bond acceptors (Lipinski definition) is 1. The van der Waals surface area contributed by atoms with Gasteiger partial charge in [-0.2, -0.15) is 0 Å². The van der Waals surface area contributed by atoms with Gasteiger partial charge in [0.1, 0.15) is 0 Å². The van der Waals surface area contributed by atoms with E-state index in [9.17, 15) is 0 Å². The summed E-state index contributed by atoms with van der Waals surface area (Å²) < 4.78 is 0. The van der Waals surface area contributed by atoms with E-state index in [1.807, 2.05) is 0 Å². The van der Waals surface area contributed by atoms with Gasteiger partial charge in [-0.3, -0.25) is 0 Å². The molecule has 0 amide bonds. The zero-order valence-corrected chi connectivity index (χ0v) is 15.2. The van der Waals surface area contributed by atoms with E-state index in [1.54, 1.807) is 0 Å². The summed E-state index contributed by atoms with van der Waals surface area (Å²) in [7, 11) is 0. The normalized spacial score (nSPS) is 19.4. The van der Waals surface area contributed by atoms with E-state index in [0.29, 0.717) is 5.41 Å². The van der Waals surface area contributed by atoms with Crippen molar-refractivity contribution >= 4 is 0 Å². The summed E-state index contributed by atoms with van der Waals surface area (Å²) in [6.07, 6.45) is 10.6. The topological polar surface area (TPSA) is 26.0 Å². The minimum Gasteiger partial charge on any atom is -0.330 e. The largest absolute Gasteiger partial charge is 0.330 e. The number of rotatable bonds is 12. The fourth-order valence-corrected chi connectivity index (χ4v) is 4.00. The molecule has 0 radical (unpaired) electrons. The van der Waals surface area contributed by atoms with Gasteiger partial charge in [-0.05, 0) is 55.4 Å². The van der Waals surface area contributed by atoms with E-state index in [2.05, 4.69) is 41.5 Å². The molecule has 4 unspecified atom stereocenters. The quantitative estimate of drug-likeness (QED) is 0.465. The minimum atomic E-state index is 0.523. The molecule has 122 valence electrons. The Balaban J connectivity index is 4.79. The van der Waals surface area contributed by atoms with Gasteiger partial charge < -0.3 is 5.73 Å². The van der Waals surface area contributed by atoms with Crippen LogP contribution in [0.5, 0.6) is 0 Å². The molecule has 2 N–H and O–H groups in total. The van der Waals surface area contributed by atoms with Crippen LogP contribution in [0.25, 0.3) is 0 Å². The van der Waals surface area contributed by atoms with Crippen LogP contribution < -0.4 is 5.73 Å². The monoisotopic (exact) mass is 283 g/mol. The smallest absolute Gasteiger partial charge is 0.00489 e. The van der Waals surface area contributed by atoms with E-state index in [4.69, 9.17) is 5.73 Å². The highest BCUT2D eigenvalue weighted by molar-refractivity contribution is 4.85. The molecule has 0 aromatic rings. The van der Waals surface area contributed by atoms with Crippen molar-refractivity contribution in [1.82, 2.24) is 0 Å². The standard InChI is InChI=1S/C19H41N/c1-7-11-17(15-20)12-13-18(16(5)9-3)19(6,10-4)14-8-2/h16-18H,7-15,20H2,1-6H3. The first-order valence-electron chi connectivity index (χ1n) is 9.18. The van der Waals surface area contributed by atoms with E-state index >= 15 is 0 Å². The van der Waals surface area contributed by atoms with Crippen molar-refractivity contribution in [2.24, 2.45) is 28.9 Å². The van der Waals surface area contributed by atoms with Crippen LogP contribution in [0, 0.1) is 23.2 Å². The summed E-state index contributed by atoms with van der Waals surface area (Å²) in [5.74, 6) is 2.45. The zero-order valence-electron chi connectivity index (χ0n) is 15.2. The van der Waals surface area contributed by atoms with Gasteiger partial charge in [0.2, 0.25) is 0 Å². The highest BCUT2D eigenvalue weighted by Crippen LogP contribution is 2.44. The SMILES string of the molecule is CCCC(CN)CCC(C(C)CC)C(C)(CC)CCC. The lowest BCUT2D eigenvalue weighted by molar-refractivity contribution is 0.0888. The van der Waals surface area contributed by atoms with Crippen molar-refractivity contribution in [1.29, 1.82) is 0 Å². The van der Waals surface area contributed by atoms with E-state index < -0.39 is 0 Å². The second kappa shape index (κ2) is 10.7. The third-order valence-electron chi connectivity index (χ3n) is 5.77. The Morgan fingerprint density at radius 2 is 1.60 bits per heavy atom. The van der Waals surface area contributed by atoms with Gasteiger partial charge in [0.05, 0.1) is 0 Å². The molecule has 0 aromatic heterocycles. The van der Waals surface area contributed by atoms with Crippen LogP contribution in [-0.4, -0.2) is 6.54 Å². The molecule has 0 bridgehead atoms. The Hall–Kier alpha value is -0.0400. The molecule has 4 atom stereocenters. The average Bonchev–Trinajstić information content (AvgIpc) is 2.46. The fourth-order valence-electron chi connectivity index (χ4n) is 4.00. The fraction of sp³-hybridized carbons (Fsp3) is 1.00. The Kier molecular flexibility index (Phi) is 10.6.